The smallest absolute Gasteiger partial charge is 0.253 e. The van der Waals surface area contributed by atoms with Crippen LogP contribution in [0.2, 0.25) is 0 Å². The number of H-pyrrole nitrogens is 1. The first-order valence-electron chi connectivity index (χ1n) is 10.4. The molecule has 1 aromatic carbocycles. The van der Waals surface area contributed by atoms with Crippen LogP contribution in [0.25, 0.3) is 10.9 Å². The molecule has 0 atom stereocenters. The van der Waals surface area contributed by atoms with Gasteiger partial charge in [0.25, 0.3) is 5.56 Å². The van der Waals surface area contributed by atoms with Gasteiger partial charge in [-0.1, -0.05) is 0 Å². The zero-order valence-electron chi connectivity index (χ0n) is 17.2. The summed E-state index contributed by atoms with van der Waals surface area (Å²) in [6, 6.07) is 5.28. The van der Waals surface area contributed by atoms with E-state index in [-0.39, 0.29) is 17.1 Å². The van der Waals surface area contributed by atoms with Crippen molar-refractivity contribution < 1.29 is 4.39 Å². The second-order valence-electron chi connectivity index (χ2n) is 7.93. The zero-order chi connectivity index (χ0) is 22.0. The molecular weight excluding hydrogens is 397 g/mol. The number of halogens is 1. The van der Waals surface area contributed by atoms with E-state index >= 15 is 4.39 Å². The number of piperazine rings is 1. The fraction of sp³-hybridized carbons (Fsp3) is 0.364. The van der Waals surface area contributed by atoms with Gasteiger partial charge in [0.1, 0.15) is 17.6 Å². The average Bonchev–Trinajstić information content (AvgIpc) is 2.77. The highest BCUT2D eigenvalue weighted by molar-refractivity contribution is 5.94. The Labute approximate surface area is 179 Å². The predicted octanol–water partition coefficient (Wildman–Crippen LogP) is 1.31. The lowest BCUT2D eigenvalue weighted by molar-refractivity contribution is 0.151. The third-order valence-corrected chi connectivity index (χ3v) is 5.84. The number of hydrogen-bond donors (Lipinski definition) is 4. The highest BCUT2D eigenvalue weighted by atomic mass is 19.1. The topological polar surface area (TPSA) is 127 Å². The van der Waals surface area contributed by atoms with Gasteiger partial charge in [0.2, 0.25) is 0 Å². The molecular formula is C22H26FN7O. The monoisotopic (exact) mass is 423 g/mol. The van der Waals surface area contributed by atoms with Gasteiger partial charge >= 0.3 is 0 Å². The number of pyridine rings is 1. The summed E-state index contributed by atoms with van der Waals surface area (Å²) in [5, 5.41) is 12.4. The van der Waals surface area contributed by atoms with Crippen LogP contribution < -0.4 is 22.3 Å². The predicted molar refractivity (Wildman–Crippen MR) is 118 cm³/mol. The Morgan fingerprint density at radius 3 is 2.74 bits per heavy atom. The van der Waals surface area contributed by atoms with Crippen molar-refractivity contribution in [1.82, 2.24) is 14.8 Å². The number of rotatable bonds is 4. The van der Waals surface area contributed by atoms with Crippen LogP contribution in [0.5, 0.6) is 0 Å². The number of fused-ring (bicyclic) bond motifs is 3. The van der Waals surface area contributed by atoms with Gasteiger partial charge in [-0.25, -0.2) is 4.39 Å². The largest absolute Gasteiger partial charge is 0.390 e. The number of nitriles is 1. The second-order valence-corrected chi connectivity index (χ2v) is 7.93. The first-order valence-corrected chi connectivity index (χ1v) is 10.4. The molecule has 0 radical (unpaired) electrons. The molecule has 0 spiro atoms. The molecule has 9 heteroatoms. The summed E-state index contributed by atoms with van der Waals surface area (Å²) in [5.41, 5.74) is 14.1. The van der Waals surface area contributed by atoms with Crippen molar-refractivity contribution in [2.75, 3.05) is 38.0 Å². The SMILES string of the molecule is N#C/C(N)=C/C=C(\N)N1CCN(Cc2cc(F)c3c4c(c(=O)[nH]c3c2)CCCN4)CC1. The van der Waals surface area contributed by atoms with Crippen molar-refractivity contribution in [3.8, 4) is 6.07 Å². The van der Waals surface area contributed by atoms with Gasteiger partial charge < -0.3 is 26.7 Å². The molecule has 2 aliphatic heterocycles. The number of hydrogen-bond acceptors (Lipinski definition) is 7. The van der Waals surface area contributed by atoms with E-state index in [9.17, 15) is 4.79 Å². The Morgan fingerprint density at radius 2 is 2.00 bits per heavy atom. The number of nitrogens with one attached hydrogen (secondary N) is 2. The molecule has 0 saturated carbocycles. The lowest BCUT2D eigenvalue weighted by atomic mass is 10.00. The standard InChI is InChI=1S/C22H26FN7O/c23-17-10-14(11-18-20(17)21-16(22(31)28-18)2-1-5-27-21)13-29-6-8-30(9-7-29)19(26)4-3-15(25)12-24/h3-4,10-11,27H,1-2,5-9,13,25-26H2,(H,28,31)/b15-3-,19-4+. The number of anilines is 1. The van der Waals surface area contributed by atoms with Crippen LogP contribution in [0.15, 0.2) is 40.6 Å². The van der Waals surface area contributed by atoms with E-state index in [1.165, 1.54) is 6.08 Å². The van der Waals surface area contributed by atoms with Crippen molar-refractivity contribution in [3.63, 3.8) is 0 Å². The van der Waals surface area contributed by atoms with Crippen molar-refractivity contribution in [2.45, 2.75) is 19.4 Å². The average molecular weight is 423 g/mol. The van der Waals surface area contributed by atoms with Crippen LogP contribution in [-0.4, -0.2) is 47.5 Å². The number of aromatic amines is 1. The first-order chi connectivity index (χ1) is 15.0. The Balaban J connectivity index is 1.48. The molecule has 0 aliphatic carbocycles. The Bertz CT molecular complexity index is 1150. The zero-order valence-corrected chi connectivity index (χ0v) is 17.2. The van der Waals surface area contributed by atoms with Crippen LogP contribution in [0.3, 0.4) is 0 Å². The summed E-state index contributed by atoms with van der Waals surface area (Å²) in [5.74, 6) is 0.242. The third-order valence-electron chi connectivity index (χ3n) is 5.84. The van der Waals surface area contributed by atoms with E-state index < -0.39 is 0 Å². The summed E-state index contributed by atoms with van der Waals surface area (Å²) in [4.78, 5) is 19.5. The van der Waals surface area contributed by atoms with Gasteiger partial charge in [0.05, 0.1) is 22.4 Å². The fourth-order valence-electron chi connectivity index (χ4n) is 4.22. The van der Waals surface area contributed by atoms with Crippen molar-refractivity contribution >= 4 is 16.6 Å². The molecule has 0 unspecified atom stereocenters. The van der Waals surface area contributed by atoms with Crippen LogP contribution >= 0.6 is 0 Å². The minimum Gasteiger partial charge on any atom is -0.390 e. The Morgan fingerprint density at radius 1 is 1.23 bits per heavy atom. The maximum atomic E-state index is 15.0. The summed E-state index contributed by atoms with van der Waals surface area (Å²) in [7, 11) is 0. The number of nitrogens with zero attached hydrogens (tertiary/aromatic N) is 3. The van der Waals surface area contributed by atoms with Crippen LogP contribution in [-0.2, 0) is 13.0 Å². The minimum absolute atomic E-state index is 0.106. The molecule has 1 fully saturated rings. The summed E-state index contributed by atoms with van der Waals surface area (Å²) >= 11 is 0. The van der Waals surface area contributed by atoms with Gasteiger partial charge in [-0.15, -0.1) is 0 Å². The molecule has 1 saturated heterocycles. The van der Waals surface area contributed by atoms with E-state index in [1.807, 2.05) is 17.0 Å². The molecule has 8 nitrogen and oxygen atoms in total. The molecule has 2 aromatic rings. The molecule has 0 bridgehead atoms. The molecule has 6 N–H and O–H groups in total. The number of allylic oxidation sites excluding steroid dienone is 3. The molecule has 0 amide bonds. The van der Waals surface area contributed by atoms with Gasteiger partial charge in [-0.2, -0.15) is 5.26 Å². The van der Waals surface area contributed by atoms with Crippen molar-refractivity contribution in [3.05, 3.63) is 63.1 Å². The lowest BCUT2D eigenvalue weighted by Crippen LogP contribution is -2.46. The van der Waals surface area contributed by atoms with Crippen molar-refractivity contribution in [1.29, 1.82) is 5.26 Å². The van der Waals surface area contributed by atoms with Gasteiger partial charge in [0.15, 0.2) is 0 Å². The van der Waals surface area contributed by atoms with E-state index in [4.69, 9.17) is 16.7 Å². The summed E-state index contributed by atoms with van der Waals surface area (Å²) in [6.07, 6.45) is 4.66. The number of nitrogens with two attached hydrogens (primary N) is 2. The minimum atomic E-state index is -0.318. The molecule has 162 valence electrons. The highest BCUT2D eigenvalue weighted by Crippen LogP contribution is 2.30. The summed E-state index contributed by atoms with van der Waals surface area (Å²) < 4.78 is 15.0. The van der Waals surface area contributed by atoms with E-state index in [1.54, 1.807) is 12.1 Å². The van der Waals surface area contributed by atoms with E-state index in [0.29, 0.717) is 54.0 Å². The Kier molecular flexibility index (Phi) is 5.82. The van der Waals surface area contributed by atoms with Gasteiger partial charge in [0, 0.05) is 44.8 Å². The quantitative estimate of drug-likeness (QED) is 0.431. The molecule has 4 rings (SSSR count). The molecule has 31 heavy (non-hydrogen) atoms. The number of benzene rings is 1. The highest BCUT2D eigenvalue weighted by Gasteiger charge is 2.21. The molecule has 1 aromatic heterocycles. The van der Waals surface area contributed by atoms with Gasteiger partial charge in [-0.3, -0.25) is 9.69 Å². The maximum Gasteiger partial charge on any atom is 0.253 e. The normalized spacial score (nSPS) is 17.9. The summed E-state index contributed by atoms with van der Waals surface area (Å²) in [6.45, 7) is 4.27. The number of aromatic nitrogens is 1. The van der Waals surface area contributed by atoms with E-state index in [2.05, 4.69) is 15.2 Å². The molecule has 3 heterocycles. The van der Waals surface area contributed by atoms with Gasteiger partial charge in [-0.05, 0) is 42.7 Å². The molecule has 2 aliphatic rings. The third kappa shape index (κ3) is 4.34. The van der Waals surface area contributed by atoms with Crippen molar-refractivity contribution in [2.24, 2.45) is 11.5 Å². The van der Waals surface area contributed by atoms with Crippen LogP contribution in [0, 0.1) is 17.1 Å². The van der Waals surface area contributed by atoms with E-state index in [0.717, 1.165) is 31.6 Å². The van der Waals surface area contributed by atoms with Crippen LogP contribution in [0.1, 0.15) is 17.5 Å². The fourth-order valence-corrected chi connectivity index (χ4v) is 4.22. The maximum absolute atomic E-state index is 15.0. The Hall–Kier alpha value is -3.51. The lowest BCUT2D eigenvalue weighted by Gasteiger charge is -2.36. The van der Waals surface area contributed by atoms with Crippen LogP contribution in [0.4, 0.5) is 10.1 Å². The first kappa shape index (κ1) is 20.8. The second kappa shape index (κ2) is 8.70.